The molecule has 43 heavy (non-hydrogen) atoms. The van der Waals surface area contributed by atoms with Crippen LogP contribution < -0.4 is 10.6 Å². The number of rotatable bonds is 6. The van der Waals surface area contributed by atoms with Crippen LogP contribution in [0.2, 0.25) is 0 Å². The number of ether oxygens (including phenoxy) is 2. The third-order valence-corrected chi connectivity index (χ3v) is 8.24. The molecule has 2 aromatic carbocycles. The molecule has 220 valence electrons. The van der Waals surface area contributed by atoms with E-state index < -0.39 is 36.1 Å². The van der Waals surface area contributed by atoms with E-state index in [1.165, 1.54) is 29.2 Å². The highest BCUT2D eigenvalue weighted by Gasteiger charge is 2.52. The molecule has 12 heteroatoms. The van der Waals surface area contributed by atoms with Gasteiger partial charge in [-0.05, 0) is 35.4 Å². The predicted octanol–water partition coefficient (Wildman–Crippen LogP) is 3.07. The summed E-state index contributed by atoms with van der Waals surface area (Å²) < 4.78 is 41.4. The van der Waals surface area contributed by atoms with Gasteiger partial charge in [0.25, 0.3) is 11.8 Å². The van der Waals surface area contributed by atoms with E-state index >= 15 is 0 Å². The van der Waals surface area contributed by atoms with Crippen molar-refractivity contribution in [2.45, 2.75) is 30.7 Å². The predicted molar refractivity (Wildman–Crippen MR) is 150 cm³/mol. The maximum absolute atomic E-state index is 14.9. The van der Waals surface area contributed by atoms with Gasteiger partial charge in [-0.2, -0.15) is 8.78 Å². The minimum atomic E-state index is -3.16. The average molecular weight is 588 g/mol. The number of halogens is 2. The quantitative estimate of drug-likeness (QED) is 0.319. The van der Waals surface area contributed by atoms with E-state index in [1.807, 2.05) is 12.1 Å². The van der Waals surface area contributed by atoms with Gasteiger partial charge in [0.2, 0.25) is 11.8 Å². The molecule has 2 aliphatic heterocycles. The van der Waals surface area contributed by atoms with Crippen molar-refractivity contribution >= 4 is 28.6 Å². The Morgan fingerprint density at radius 1 is 1.00 bits per heavy atom. The van der Waals surface area contributed by atoms with E-state index in [9.17, 15) is 23.2 Å². The molecule has 3 N–H and O–H groups in total. The monoisotopic (exact) mass is 587 g/mol. The van der Waals surface area contributed by atoms with Crippen LogP contribution in [0.4, 0.5) is 8.78 Å². The lowest BCUT2D eigenvalue weighted by molar-refractivity contribution is -0.152. The topological polar surface area (TPSA) is 126 Å². The zero-order valence-corrected chi connectivity index (χ0v) is 22.9. The number of alkyl halides is 2. The fraction of sp³-hybridized carbons (Fsp3) is 0.290. The summed E-state index contributed by atoms with van der Waals surface area (Å²) in [6.45, 7) is 0.519. The number of aromatic amines is 1. The standard InChI is InChI=1S/C31H27F2N5O5/c32-31(33)23-4-2-1-3-21(23)22-12-19(5-6-24(22)31)28(40)36-16-27(39)38-17-30(42-9-10-43-30)13-26(38)29(41)35-14-20-11-18-7-8-34-15-25(18)37-20/h1-8,11-12,15,26,37H,9-10,13-14,16-17H2,(H,35,41)(H,36,40)/t26-/m0/s1. The van der Waals surface area contributed by atoms with Crippen molar-refractivity contribution in [2.24, 2.45) is 0 Å². The maximum Gasteiger partial charge on any atom is 0.299 e. The Balaban J connectivity index is 1.04. The molecule has 1 spiro atoms. The summed E-state index contributed by atoms with van der Waals surface area (Å²) in [6, 6.07) is 13.1. The molecule has 0 saturated carbocycles. The van der Waals surface area contributed by atoms with Gasteiger partial charge in [-0.25, -0.2) is 0 Å². The van der Waals surface area contributed by atoms with Crippen LogP contribution >= 0.6 is 0 Å². The highest BCUT2D eigenvalue weighted by Crippen LogP contribution is 2.51. The summed E-state index contributed by atoms with van der Waals surface area (Å²) in [5, 5.41) is 6.42. The molecule has 4 aromatic rings. The van der Waals surface area contributed by atoms with E-state index in [4.69, 9.17) is 9.47 Å². The summed E-state index contributed by atoms with van der Waals surface area (Å²) in [5.41, 5.74) is 2.12. The second kappa shape index (κ2) is 10.2. The third kappa shape index (κ3) is 4.72. The number of H-pyrrole nitrogens is 1. The lowest BCUT2D eigenvalue weighted by Gasteiger charge is -2.24. The first-order valence-corrected chi connectivity index (χ1v) is 13.9. The molecule has 1 aliphatic carbocycles. The Morgan fingerprint density at radius 3 is 2.60 bits per heavy atom. The molecule has 0 bridgehead atoms. The summed E-state index contributed by atoms with van der Waals surface area (Å²) in [5.74, 6) is -5.73. The van der Waals surface area contributed by atoms with E-state index in [-0.39, 0.29) is 47.7 Å². The number of pyridine rings is 1. The molecule has 7 rings (SSSR count). The van der Waals surface area contributed by atoms with Crippen molar-refractivity contribution in [2.75, 3.05) is 26.3 Å². The number of fused-ring (bicyclic) bond motifs is 4. The number of amides is 3. The molecular formula is C31H27F2N5O5. The first-order chi connectivity index (χ1) is 20.7. The molecule has 1 atom stereocenters. The van der Waals surface area contributed by atoms with Crippen LogP contribution in [0.25, 0.3) is 22.0 Å². The van der Waals surface area contributed by atoms with Gasteiger partial charge in [0.05, 0.1) is 44.6 Å². The molecule has 3 aliphatic rings. The maximum atomic E-state index is 14.9. The molecule has 2 aromatic heterocycles. The number of nitrogens with one attached hydrogen (secondary N) is 3. The van der Waals surface area contributed by atoms with Crippen LogP contribution in [-0.2, 0) is 31.5 Å². The largest absolute Gasteiger partial charge is 0.356 e. The highest BCUT2D eigenvalue weighted by atomic mass is 19.3. The van der Waals surface area contributed by atoms with Crippen LogP contribution in [0.15, 0.2) is 67.0 Å². The van der Waals surface area contributed by atoms with E-state index in [0.717, 1.165) is 16.6 Å². The molecule has 3 amide bonds. The summed E-state index contributed by atoms with van der Waals surface area (Å²) in [4.78, 5) is 48.4. The first kappa shape index (κ1) is 27.2. The van der Waals surface area contributed by atoms with Crippen LogP contribution in [0.5, 0.6) is 0 Å². The third-order valence-electron chi connectivity index (χ3n) is 8.24. The number of nitrogens with zero attached hydrogens (tertiary/aromatic N) is 2. The Hall–Kier alpha value is -4.68. The number of carbonyl (C=O) groups excluding carboxylic acids is 3. The van der Waals surface area contributed by atoms with E-state index in [0.29, 0.717) is 18.8 Å². The fourth-order valence-corrected chi connectivity index (χ4v) is 6.15. The summed E-state index contributed by atoms with van der Waals surface area (Å²) in [7, 11) is 0. The highest BCUT2D eigenvalue weighted by molar-refractivity contribution is 5.99. The van der Waals surface area contributed by atoms with Crippen molar-refractivity contribution in [1.82, 2.24) is 25.5 Å². The van der Waals surface area contributed by atoms with Gasteiger partial charge in [0, 0.05) is 40.4 Å². The number of hydrogen-bond donors (Lipinski definition) is 3. The van der Waals surface area contributed by atoms with Gasteiger partial charge < -0.3 is 30.0 Å². The summed E-state index contributed by atoms with van der Waals surface area (Å²) in [6.07, 6.45) is 3.53. The smallest absolute Gasteiger partial charge is 0.299 e. The van der Waals surface area contributed by atoms with Gasteiger partial charge >= 0.3 is 0 Å². The molecule has 10 nitrogen and oxygen atoms in total. The zero-order chi connectivity index (χ0) is 29.8. The van der Waals surface area contributed by atoms with Crippen LogP contribution in [0.3, 0.4) is 0 Å². The van der Waals surface area contributed by atoms with E-state index in [2.05, 4.69) is 20.6 Å². The van der Waals surface area contributed by atoms with Gasteiger partial charge in [-0.3, -0.25) is 19.4 Å². The molecule has 4 heterocycles. The number of likely N-dealkylation sites (tertiary alicyclic amines) is 1. The Labute approximate surface area is 244 Å². The van der Waals surface area contributed by atoms with Crippen molar-refractivity contribution in [3.05, 3.63) is 89.4 Å². The second-order valence-corrected chi connectivity index (χ2v) is 10.9. The Kier molecular flexibility index (Phi) is 6.47. The SMILES string of the molecule is O=C(NCC(=O)N1CC2(C[C@H]1C(=O)NCc1cc3ccncc3[nH]1)OCCO2)c1ccc2c(c1)-c1ccccc1C2(F)F. The molecular weight excluding hydrogens is 560 g/mol. The average Bonchev–Trinajstić information content (AvgIpc) is 3.79. The zero-order valence-electron chi connectivity index (χ0n) is 22.9. The number of benzene rings is 2. The van der Waals surface area contributed by atoms with Gasteiger partial charge in [0.15, 0.2) is 5.79 Å². The fourth-order valence-electron chi connectivity index (χ4n) is 6.15. The van der Waals surface area contributed by atoms with Gasteiger partial charge in [0.1, 0.15) is 6.04 Å². The lowest BCUT2D eigenvalue weighted by Crippen LogP contribution is -2.49. The van der Waals surface area contributed by atoms with Crippen molar-refractivity contribution in [3.63, 3.8) is 0 Å². The van der Waals surface area contributed by atoms with Crippen LogP contribution in [0.1, 0.15) is 33.6 Å². The molecule has 0 unspecified atom stereocenters. The first-order valence-electron chi connectivity index (χ1n) is 13.9. The number of hydrogen-bond acceptors (Lipinski definition) is 6. The minimum Gasteiger partial charge on any atom is -0.356 e. The van der Waals surface area contributed by atoms with Crippen molar-refractivity contribution in [1.29, 1.82) is 0 Å². The normalized spacial score (nSPS) is 19.4. The summed E-state index contributed by atoms with van der Waals surface area (Å²) >= 11 is 0. The van der Waals surface area contributed by atoms with Gasteiger partial charge in [-0.15, -0.1) is 0 Å². The number of aromatic nitrogens is 2. The Bertz CT molecular complexity index is 1730. The molecule has 2 saturated heterocycles. The second-order valence-electron chi connectivity index (χ2n) is 10.9. The van der Waals surface area contributed by atoms with Crippen molar-refractivity contribution in [3.8, 4) is 11.1 Å². The number of carbonyl (C=O) groups is 3. The van der Waals surface area contributed by atoms with Gasteiger partial charge in [-0.1, -0.05) is 30.3 Å². The van der Waals surface area contributed by atoms with Crippen LogP contribution in [0, 0.1) is 0 Å². The Morgan fingerprint density at radius 2 is 1.79 bits per heavy atom. The lowest BCUT2D eigenvalue weighted by atomic mass is 10.0. The van der Waals surface area contributed by atoms with Crippen molar-refractivity contribution < 1.29 is 32.6 Å². The minimum absolute atomic E-state index is 0.0303. The molecule has 0 radical (unpaired) electrons. The van der Waals surface area contributed by atoms with Crippen LogP contribution in [-0.4, -0.2) is 70.7 Å². The van der Waals surface area contributed by atoms with E-state index in [1.54, 1.807) is 30.6 Å². The molecule has 2 fully saturated rings.